The SMILES string of the molecule is Cn1cc(S(=O)(=O)N[C@H](CCO)c2ccccc2)cn1. The second kappa shape index (κ2) is 6.17. The fourth-order valence-electron chi connectivity index (χ4n) is 1.90. The van der Waals surface area contributed by atoms with Gasteiger partial charge in [-0.25, -0.2) is 13.1 Å². The summed E-state index contributed by atoms with van der Waals surface area (Å²) in [7, 11) is -2.00. The first kappa shape index (κ1) is 14.7. The van der Waals surface area contributed by atoms with E-state index in [4.69, 9.17) is 5.11 Å². The third-order valence-corrected chi connectivity index (χ3v) is 4.33. The Morgan fingerprint density at radius 2 is 2.05 bits per heavy atom. The predicted molar refractivity (Wildman–Crippen MR) is 74.4 cm³/mol. The number of nitrogens with zero attached hydrogens (tertiary/aromatic N) is 2. The van der Waals surface area contributed by atoms with Crippen molar-refractivity contribution in [3.8, 4) is 0 Å². The van der Waals surface area contributed by atoms with Crippen molar-refractivity contribution < 1.29 is 13.5 Å². The molecule has 0 saturated carbocycles. The second-order valence-electron chi connectivity index (χ2n) is 4.45. The average Bonchev–Trinajstić information content (AvgIpc) is 2.87. The molecule has 0 saturated heterocycles. The lowest BCUT2D eigenvalue weighted by Gasteiger charge is -2.17. The van der Waals surface area contributed by atoms with Gasteiger partial charge >= 0.3 is 0 Å². The molecule has 1 heterocycles. The lowest BCUT2D eigenvalue weighted by Crippen LogP contribution is -2.29. The summed E-state index contributed by atoms with van der Waals surface area (Å²) in [5, 5.41) is 13.0. The van der Waals surface area contributed by atoms with Gasteiger partial charge in [0.25, 0.3) is 0 Å². The van der Waals surface area contributed by atoms with Crippen molar-refractivity contribution >= 4 is 10.0 Å². The Balaban J connectivity index is 2.24. The van der Waals surface area contributed by atoms with Gasteiger partial charge in [0.05, 0.1) is 6.20 Å². The molecule has 0 amide bonds. The molecule has 0 aliphatic rings. The topological polar surface area (TPSA) is 84.2 Å². The number of nitrogens with one attached hydrogen (secondary N) is 1. The third kappa shape index (κ3) is 3.44. The van der Waals surface area contributed by atoms with Crippen LogP contribution >= 0.6 is 0 Å². The number of aromatic nitrogens is 2. The molecule has 7 heteroatoms. The van der Waals surface area contributed by atoms with E-state index in [1.165, 1.54) is 17.1 Å². The van der Waals surface area contributed by atoms with Crippen molar-refractivity contribution in [2.24, 2.45) is 7.05 Å². The molecule has 0 radical (unpaired) electrons. The van der Waals surface area contributed by atoms with Gasteiger partial charge in [0, 0.05) is 25.9 Å². The smallest absolute Gasteiger partial charge is 0.244 e. The third-order valence-electron chi connectivity index (χ3n) is 2.91. The highest BCUT2D eigenvalue weighted by Gasteiger charge is 2.22. The maximum absolute atomic E-state index is 12.3. The van der Waals surface area contributed by atoms with E-state index in [-0.39, 0.29) is 11.5 Å². The van der Waals surface area contributed by atoms with Crippen LogP contribution in [-0.4, -0.2) is 29.9 Å². The van der Waals surface area contributed by atoms with E-state index in [1.807, 2.05) is 30.3 Å². The lowest BCUT2D eigenvalue weighted by atomic mass is 10.1. The number of rotatable bonds is 6. The van der Waals surface area contributed by atoms with Gasteiger partial charge in [-0.15, -0.1) is 0 Å². The first-order chi connectivity index (χ1) is 9.53. The fraction of sp³-hybridized carbons (Fsp3) is 0.308. The number of sulfonamides is 1. The van der Waals surface area contributed by atoms with Crippen LogP contribution in [0.1, 0.15) is 18.0 Å². The predicted octanol–water partition coefficient (Wildman–Crippen LogP) is 0.822. The molecular weight excluding hydrogens is 278 g/mol. The van der Waals surface area contributed by atoms with Crippen molar-refractivity contribution in [2.45, 2.75) is 17.4 Å². The molecule has 1 aromatic heterocycles. The van der Waals surface area contributed by atoms with Gasteiger partial charge in [-0.2, -0.15) is 5.10 Å². The quantitative estimate of drug-likeness (QED) is 0.826. The minimum absolute atomic E-state index is 0.102. The zero-order valence-electron chi connectivity index (χ0n) is 11.1. The number of aryl methyl sites for hydroxylation is 1. The van der Waals surface area contributed by atoms with Crippen LogP contribution < -0.4 is 4.72 Å². The lowest BCUT2D eigenvalue weighted by molar-refractivity contribution is 0.272. The monoisotopic (exact) mass is 295 g/mol. The van der Waals surface area contributed by atoms with E-state index in [2.05, 4.69) is 9.82 Å². The molecule has 1 aromatic carbocycles. The van der Waals surface area contributed by atoms with Crippen molar-refractivity contribution in [3.63, 3.8) is 0 Å². The molecule has 6 nitrogen and oxygen atoms in total. The summed E-state index contributed by atoms with van der Waals surface area (Å²) in [5.41, 5.74) is 0.814. The minimum atomic E-state index is -3.65. The van der Waals surface area contributed by atoms with E-state index < -0.39 is 16.1 Å². The molecule has 0 aliphatic carbocycles. The van der Waals surface area contributed by atoms with Crippen LogP contribution in [-0.2, 0) is 17.1 Å². The summed E-state index contributed by atoms with van der Waals surface area (Å²) in [6.07, 6.45) is 3.04. The second-order valence-corrected chi connectivity index (χ2v) is 6.16. The van der Waals surface area contributed by atoms with E-state index >= 15 is 0 Å². The number of aliphatic hydroxyl groups excluding tert-OH is 1. The van der Waals surface area contributed by atoms with Gasteiger partial charge in [0.2, 0.25) is 10.0 Å². The molecule has 20 heavy (non-hydrogen) atoms. The Hall–Kier alpha value is -1.70. The molecule has 0 unspecified atom stereocenters. The molecule has 108 valence electrons. The maximum Gasteiger partial charge on any atom is 0.244 e. The zero-order chi connectivity index (χ0) is 14.6. The van der Waals surface area contributed by atoms with E-state index in [1.54, 1.807) is 7.05 Å². The highest BCUT2D eigenvalue weighted by molar-refractivity contribution is 7.89. The van der Waals surface area contributed by atoms with Crippen LogP contribution in [0, 0.1) is 0 Å². The van der Waals surface area contributed by atoms with Gasteiger partial charge in [0.15, 0.2) is 0 Å². The van der Waals surface area contributed by atoms with E-state index in [0.717, 1.165) is 5.56 Å². The first-order valence-corrected chi connectivity index (χ1v) is 7.68. The Bertz CT molecular complexity index is 653. The number of aliphatic hydroxyl groups is 1. The maximum atomic E-state index is 12.3. The van der Waals surface area contributed by atoms with Crippen LogP contribution in [0.15, 0.2) is 47.6 Å². The van der Waals surface area contributed by atoms with E-state index in [0.29, 0.717) is 6.42 Å². The average molecular weight is 295 g/mol. The van der Waals surface area contributed by atoms with Crippen molar-refractivity contribution in [1.29, 1.82) is 0 Å². The van der Waals surface area contributed by atoms with Gasteiger partial charge in [0.1, 0.15) is 4.90 Å². The van der Waals surface area contributed by atoms with Crippen LogP contribution in [0.2, 0.25) is 0 Å². The van der Waals surface area contributed by atoms with Gasteiger partial charge in [-0.1, -0.05) is 30.3 Å². The van der Waals surface area contributed by atoms with Crippen molar-refractivity contribution in [3.05, 3.63) is 48.3 Å². The fourth-order valence-corrected chi connectivity index (χ4v) is 3.14. The molecule has 0 aliphatic heterocycles. The molecular formula is C13H17N3O3S. The summed E-state index contributed by atoms with van der Waals surface area (Å²) in [5.74, 6) is 0. The summed E-state index contributed by atoms with van der Waals surface area (Å²) in [4.78, 5) is 0.110. The Kier molecular flexibility index (Phi) is 4.53. The van der Waals surface area contributed by atoms with Crippen LogP contribution in [0.25, 0.3) is 0 Å². The van der Waals surface area contributed by atoms with Gasteiger partial charge in [-0.3, -0.25) is 4.68 Å². The molecule has 1 atom stereocenters. The molecule has 2 aromatic rings. The summed E-state index contributed by atoms with van der Waals surface area (Å²) in [6, 6.07) is 8.70. The summed E-state index contributed by atoms with van der Waals surface area (Å²) >= 11 is 0. The number of hydrogen-bond acceptors (Lipinski definition) is 4. The summed E-state index contributed by atoms with van der Waals surface area (Å²) in [6.45, 7) is -0.102. The van der Waals surface area contributed by atoms with E-state index in [9.17, 15) is 8.42 Å². The molecule has 2 N–H and O–H groups in total. The largest absolute Gasteiger partial charge is 0.396 e. The van der Waals surface area contributed by atoms with Crippen LogP contribution in [0.4, 0.5) is 0 Å². The molecule has 2 rings (SSSR count). The van der Waals surface area contributed by atoms with Crippen LogP contribution in [0.5, 0.6) is 0 Å². The standard InChI is InChI=1S/C13H17N3O3S/c1-16-10-12(9-14-16)20(18,19)15-13(7-8-17)11-5-3-2-4-6-11/h2-6,9-10,13,15,17H,7-8H2,1H3/t13-/m1/s1. The Morgan fingerprint density at radius 3 is 2.60 bits per heavy atom. The highest BCUT2D eigenvalue weighted by Crippen LogP contribution is 2.19. The Morgan fingerprint density at radius 1 is 1.35 bits per heavy atom. The molecule has 0 spiro atoms. The van der Waals surface area contributed by atoms with Crippen molar-refractivity contribution in [1.82, 2.24) is 14.5 Å². The molecule has 0 bridgehead atoms. The number of benzene rings is 1. The Labute approximate surface area is 118 Å². The van der Waals surface area contributed by atoms with Gasteiger partial charge < -0.3 is 5.11 Å². The molecule has 0 fully saturated rings. The zero-order valence-corrected chi connectivity index (χ0v) is 11.9. The minimum Gasteiger partial charge on any atom is -0.396 e. The van der Waals surface area contributed by atoms with Crippen molar-refractivity contribution in [2.75, 3.05) is 6.61 Å². The van der Waals surface area contributed by atoms with Crippen LogP contribution in [0.3, 0.4) is 0 Å². The number of hydrogen-bond donors (Lipinski definition) is 2. The normalized spacial score (nSPS) is 13.3. The first-order valence-electron chi connectivity index (χ1n) is 6.20. The highest BCUT2D eigenvalue weighted by atomic mass is 32.2. The van der Waals surface area contributed by atoms with Gasteiger partial charge in [-0.05, 0) is 12.0 Å². The summed E-state index contributed by atoms with van der Waals surface area (Å²) < 4.78 is 28.5.